The Labute approximate surface area is 199 Å². The summed E-state index contributed by atoms with van der Waals surface area (Å²) < 4.78 is 14.7. The third-order valence-corrected chi connectivity index (χ3v) is 7.68. The van der Waals surface area contributed by atoms with E-state index in [0.717, 1.165) is 35.1 Å². The lowest BCUT2D eigenvalue weighted by Gasteiger charge is -2.25. The van der Waals surface area contributed by atoms with Gasteiger partial charge in [0.05, 0.1) is 19.9 Å². The number of hydrogen-bond acceptors (Lipinski definition) is 8. The Morgan fingerprint density at radius 3 is 2.70 bits per heavy atom. The van der Waals surface area contributed by atoms with Crippen LogP contribution >= 0.6 is 23.1 Å². The molecule has 0 aliphatic heterocycles. The molecular formula is C23H25N5O3S2. The average molecular weight is 484 g/mol. The first-order valence-corrected chi connectivity index (χ1v) is 12.8. The van der Waals surface area contributed by atoms with E-state index in [1.807, 2.05) is 23.6 Å². The van der Waals surface area contributed by atoms with E-state index in [2.05, 4.69) is 19.7 Å². The van der Waals surface area contributed by atoms with E-state index in [9.17, 15) is 4.79 Å². The normalized spacial score (nSPS) is 14.6. The van der Waals surface area contributed by atoms with E-state index in [1.165, 1.54) is 30.6 Å². The Kier molecular flexibility index (Phi) is 6.37. The third-order valence-electron chi connectivity index (χ3n) is 5.95. The highest BCUT2D eigenvalue weighted by atomic mass is 32.2. The number of hydrogen-bond donors (Lipinski definition) is 0. The number of rotatable bonds is 7. The molecule has 0 N–H and O–H groups in total. The van der Waals surface area contributed by atoms with Crippen molar-refractivity contribution in [3.63, 3.8) is 0 Å². The monoisotopic (exact) mass is 483 g/mol. The van der Waals surface area contributed by atoms with Gasteiger partial charge in [0, 0.05) is 35.0 Å². The summed E-state index contributed by atoms with van der Waals surface area (Å²) in [6.07, 6.45) is 7.62. The molecule has 4 aromatic rings. The second-order valence-electron chi connectivity index (χ2n) is 7.97. The first-order chi connectivity index (χ1) is 16.2. The van der Waals surface area contributed by atoms with Crippen LogP contribution in [0, 0.1) is 0 Å². The van der Waals surface area contributed by atoms with Gasteiger partial charge in [-0.3, -0.25) is 13.8 Å². The second kappa shape index (κ2) is 9.56. The van der Waals surface area contributed by atoms with Gasteiger partial charge in [0.2, 0.25) is 0 Å². The number of ether oxygens (including phenoxy) is 2. The van der Waals surface area contributed by atoms with Crippen molar-refractivity contribution in [2.75, 3.05) is 14.2 Å². The second-order valence-corrected chi connectivity index (χ2v) is 9.78. The van der Waals surface area contributed by atoms with Gasteiger partial charge in [-0.2, -0.15) is 0 Å². The lowest BCUT2D eigenvalue weighted by molar-refractivity contribution is 0.339. The Hall–Kier alpha value is -2.85. The van der Waals surface area contributed by atoms with Crippen molar-refractivity contribution in [2.24, 2.45) is 0 Å². The molecule has 3 heterocycles. The van der Waals surface area contributed by atoms with Crippen LogP contribution in [0.2, 0.25) is 0 Å². The topological polar surface area (TPSA) is 83.5 Å². The fraction of sp³-hybridized carbons (Fsp3) is 0.391. The van der Waals surface area contributed by atoms with E-state index in [1.54, 1.807) is 42.6 Å². The van der Waals surface area contributed by atoms with Crippen LogP contribution in [0.25, 0.3) is 16.3 Å². The molecule has 0 amide bonds. The summed E-state index contributed by atoms with van der Waals surface area (Å²) in [5.74, 6) is 2.73. The summed E-state index contributed by atoms with van der Waals surface area (Å²) in [7, 11) is 3.26. The van der Waals surface area contributed by atoms with Gasteiger partial charge in [0.25, 0.3) is 5.56 Å². The molecule has 0 radical (unpaired) electrons. The maximum Gasteiger partial charge on any atom is 0.258 e. The lowest BCUT2D eigenvalue weighted by atomic mass is 9.95. The van der Waals surface area contributed by atoms with Crippen LogP contribution in [0.4, 0.5) is 0 Å². The zero-order valence-electron chi connectivity index (χ0n) is 18.6. The molecule has 1 aliphatic carbocycles. The summed E-state index contributed by atoms with van der Waals surface area (Å²) in [4.78, 5) is 17.7. The van der Waals surface area contributed by atoms with Crippen molar-refractivity contribution in [1.29, 1.82) is 0 Å². The molecule has 3 aromatic heterocycles. The SMILES string of the molecule is COc1ccc(-c2nnc(SCc3cc(=O)n4ccsc4n3)n2C2CCCCC2)cc1OC. The predicted octanol–water partition coefficient (Wildman–Crippen LogP) is 4.83. The minimum atomic E-state index is -0.0587. The molecule has 0 unspecified atom stereocenters. The lowest BCUT2D eigenvalue weighted by Crippen LogP contribution is -2.15. The molecule has 1 aromatic carbocycles. The van der Waals surface area contributed by atoms with Gasteiger partial charge in [-0.15, -0.1) is 21.5 Å². The minimum Gasteiger partial charge on any atom is -0.493 e. The van der Waals surface area contributed by atoms with E-state index in [0.29, 0.717) is 28.3 Å². The van der Waals surface area contributed by atoms with Crippen LogP contribution in [-0.4, -0.2) is 38.4 Å². The average Bonchev–Trinajstić information content (AvgIpc) is 3.50. The number of nitrogens with zero attached hydrogens (tertiary/aromatic N) is 5. The van der Waals surface area contributed by atoms with Gasteiger partial charge in [0.15, 0.2) is 27.4 Å². The van der Waals surface area contributed by atoms with Gasteiger partial charge in [-0.1, -0.05) is 31.0 Å². The molecule has 172 valence electrons. The number of methoxy groups -OCH3 is 2. The number of benzene rings is 1. The summed E-state index contributed by atoms with van der Waals surface area (Å²) in [6, 6.07) is 7.78. The molecular weight excluding hydrogens is 458 g/mol. The van der Waals surface area contributed by atoms with Crippen LogP contribution < -0.4 is 15.0 Å². The fourth-order valence-corrected chi connectivity index (χ4v) is 5.95. The molecule has 1 saturated carbocycles. The number of thiazole rings is 1. The van der Waals surface area contributed by atoms with Crippen molar-refractivity contribution < 1.29 is 9.47 Å². The molecule has 1 fully saturated rings. The first kappa shape index (κ1) is 22.0. The third kappa shape index (κ3) is 4.37. The zero-order chi connectivity index (χ0) is 22.8. The van der Waals surface area contributed by atoms with Gasteiger partial charge < -0.3 is 9.47 Å². The fourth-order valence-electron chi connectivity index (χ4n) is 4.32. The first-order valence-electron chi connectivity index (χ1n) is 10.9. The van der Waals surface area contributed by atoms with Gasteiger partial charge in [-0.25, -0.2) is 4.98 Å². The van der Waals surface area contributed by atoms with Crippen molar-refractivity contribution in [3.05, 3.63) is 51.9 Å². The van der Waals surface area contributed by atoms with E-state index in [-0.39, 0.29) is 5.56 Å². The molecule has 0 saturated heterocycles. The predicted molar refractivity (Wildman–Crippen MR) is 130 cm³/mol. The van der Waals surface area contributed by atoms with Crippen molar-refractivity contribution in [3.8, 4) is 22.9 Å². The van der Waals surface area contributed by atoms with Crippen LogP contribution in [0.5, 0.6) is 11.5 Å². The highest BCUT2D eigenvalue weighted by Gasteiger charge is 2.24. The standard InChI is InChI=1S/C23H25N5O3S2/c1-30-18-9-8-15(12-19(18)31-2)21-25-26-23(28(21)17-6-4-3-5-7-17)33-14-16-13-20(29)27-10-11-32-22(27)24-16/h8-13,17H,3-7,14H2,1-2H3. The van der Waals surface area contributed by atoms with Crippen molar-refractivity contribution >= 4 is 28.1 Å². The van der Waals surface area contributed by atoms with Crippen LogP contribution in [0.3, 0.4) is 0 Å². The molecule has 5 rings (SSSR count). The molecule has 8 nitrogen and oxygen atoms in total. The number of fused-ring (bicyclic) bond motifs is 1. The highest BCUT2D eigenvalue weighted by Crippen LogP contribution is 2.38. The molecule has 10 heteroatoms. The molecule has 0 bridgehead atoms. The summed E-state index contributed by atoms with van der Waals surface area (Å²) in [5.41, 5.74) is 1.63. The summed E-state index contributed by atoms with van der Waals surface area (Å²) in [6.45, 7) is 0. The maximum absolute atomic E-state index is 12.4. The van der Waals surface area contributed by atoms with Gasteiger partial charge in [0.1, 0.15) is 0 Å². The number of thioether (sulfide) groups is 1. The summed E-state index contributed by atoms with van der Waals surface area (Å²) in [5, 5.41) is 11.8. The minimum absolute atomic E-state index is 0.0587. The Bertz CT molecular complexity index is 1320. The Morgan fingerprint density at radius 1 is 1.09 bits per heavy atom. The maximum atomic E-state index is 12.4. The van der Waals surface area contributed by atoms with E-state index in [4.69, 9.17) is 9.47 Å². The molecule has 0 atom stereocenters. The van der Waals surface area contributed by atoms with E-state index >= 15 is 0 Å². The van der Waals surface area contributed by atoms with Gasteiger partial charge in [-0.05, 0) is 31.0 Å². The molecule has 33 heavy (non-hydrogen) atoms. The van der Waals surface area contributed by atoms with Gasteiger partial charge >= 0.3 is 0 Å². The largest absolute Gasteiger partial charge is 0.493 e. The summed E-state index contributed by atoms with van der Waals surface area (Å²) >= 11 is 3.03. The van der Waals surface area contributed by atoms with Crippen LogP contribution in [-0.2, 0) is 5.75 Å². The van der Waals surface area contributed by atoms with Crippen LogP contribution in [0.1, 0.15) is 43.8 Å². The molecule has 0 spiro atoms. The molecule has 1 aliphatic rings. The quantitative estimate of drug-likeness (QED) is 0.348. The highest BCUT2D eigenvalue weighted by molar-refractivity contribution is 7.98. The Balaban J connectivity index is 1.49. The number of aromatic nitrogens is 5. The zero-order valence-corrected chi connectivity index (χ0v) is 20.2. The van der Waals surface area contributed by atoms with Crippen molar-refractivity contribution in [1.82, 2.24) is 24.1 Å². The Morgan fingerprint density at radius 2 is 1.91 bits per heavy atom. The van der Waals surface area contributed by atoms with E-state index < -0.39 is 0 Å². The smallest absolute Gasteiger partial charge is 0.258 e. The van der Waals surface area contributed by atoms with Crippen molar-refractivity contribution in [2.45, 2.75) is 49.1 Å². The van der Waals surface area contributed by atoms with Crippen LogP contribution in [0.15, 0.2) is 45.8 Å².